The third-order valence-electron chi connectivity index (χ3n) is 3.04. The fourth-order valence-electron chi connectivity index (χ4n) is 2.02. The van der Waals surface area contributed by atoms with Crippen molar-refractivity contribution in [3.05, 3.63) is 12.2 Å². The molecule has 1 rings (SSSR count). The summed E-state index contributed by atoms with van der Waals surface area (Å²) in [5.41, 5.74) is 0. The third-order valence-corrected chi connectivity index (χ3v) is 5.01. The maximum absolute atomic E-state index is 11.5. The molecule has 16 heavy (non-hydrogen) atoms. The van der Waals surface area contributed by atoms with Crippen LogP contribution < -0.4 is 0 Å². The molecule has 0 aromatic heterocycles. The largest absolute Gasteiger partial charge is 0.396 e. The SMILES string of the molecule is O=S1(=O)CC=CC1CCCCCCCCO. The van der Waals surface area contributed by atoms with Crippen molar-refractivity contribution in [1.29, 1.82) is 0 Å². The van der Waals surface area contributed by atoms with Gasteiger partial charge in [0, 0.05) is 6.61 Å². The fraction of sp³-hybridized carbons (Fsp3) is 0.833. The van der Waals surface area contributed by atoms with Crippen molar-refractivity contribution in [1.82, 2.24) is 0 Å². The molecule has 0 aliphatic carbocycles. The van der Waals surface area contributed by atoms with Crippen LogP contribution in [0, 0.1) is 0 Å². The molecule has 94 valence electrons. The molecular weight excluding hydrogens is 224 g/mol. The van der Waals surface area contributed by atoms with Crippen LogP contribution in [0.5, 0.6) is 0 Å². The lowest BCUT2D eigenvalue weighted by Crippen LogP contribution is -2.15. The summed E-state index contributed by atoms with van der Waals surface area (Å²) in [7, 11) is -2.83. The Bertz CT molecular complexity index is 306. The van der Waals surface area contributed by atoms with Crippen LogP contribution in [0.4, 0.5) is 0 Å². The number of sulfone groups is 1. The van der Waals surface area contributed by atoms with Crippen LogP contribution in [-0.2, 0) is 9.84 Å². The molecule has 4 heteroatoms. The van der Waals surface area contributed by atoms with Crippen LogP contribution in [0.15, 0.2) is 12.2 Å². The van der Waals surface area contributed by atoms with Gasteiger partial charge in [-0.2, -0.15) is 0 Å². The van der Waals surface area contributed by atoms with E-state index in [0.29, 0.717) is 0 Å². The van der Waals surface area contributed by atoms with Gasteiger partial charge in [-0.05, 0) is 12.8 Å². The summed E-state index contributed by atoms with van der Waals surface area (Å²) >= 11 is 0. The van der Waals surface area contributed by atoms with E-state index in [1.165, 1.54) is 0 Å². The normalized spacial score (nSPS) is 22.7. The zero-order valence-electron chi connectivity index (χ0n) is 9.77. The third kappa shape index (κ3) is 4.66. The van der Waals surface area contributed by atoms with E-state index in [9.17, 15) is 8.42 Å². The van der Waals surface area contributed by atoms with Crippen molar-refractivity contribution < 1.29 is 13.5 Å². The van der Waals surface area contributed by atoms with Crippen LogP contribution in [-0.4, -0.2) is 31.1 Å². The molecule has 0 saturated heterocycles. The van der Waals surface area contributed by atoms with Crippen LogP contribution in [0.1, 0.15) is 44.9 Å². The summed E-state index contributed by atoms with van der Waals surface area (Å²) in [6.45, 7) is 0.283. The highest BCUT2D eigenvalue weighted by Crippen LogP contribution is 2.19. The Labute approximate surface area is 98.5 Å². The first-order valence-corrected chi connectivity index (χ1v) is 7.87. The van der Waals surface area contributed by atoms with E-state index in [1.54, 1.807) is 6.08 Å². The van der Waals surface area contributed by atoms with Gasteiger partial charge in [-0.3, -0.25) is 0 Å². The second-order valence-electron chi connectivity index (χ2n) is 4.43. The molecule has 0 aromatic carbocycles. The van der Waals surface area contributed by atoms with E-state index < -0.39 is 9.84 Å². The second-order valence-corrected chi connectivity index (χ2v) is 6.69. The number of unbranched alkanes of at least 4 members (excludes halogenated alkanes) is 5. The quantitative estimate of drug-likeness (QED) is 0.527. The van der Waals surface area contributed by atoms with Crippen LogP contribution in [0.25, 0.3) is 0 Å². The van der Waals surface area contributed by atoms with Crippen LogP contribution in [0.3, 0.4) is 0 Å². The molecule has 3 nitrogen and oxygen atoms in total. The molecule has 0 amide bonds. The minimum atomic E-state index is -2.83. The van der Waals surface area contributed by atoms with E-state index in [0.717, 1.165) is 44.9 Å². The molecule has 0 saturated carbocycles. The zero-order chi connectivity index (χ0) is 11.9. The van der Waals surface area contributed by atoms with Crippen LogP contribution in [0.2, 0.25) is 0 Å². The maximum Gasteiger partial charge on any atom is 0.160 e. The topological polar surface area (TPSA) is 54.4 Å². The Kier molecular flexibility index (Phi) is 6.06. The summed E-state index contributed by atoms with van der Waals surface area (Å²) in [6, 6.07) is 0. The Hall–Kier alpha value is -0.350. The first kappa shape index (κ1) is 13.7. The summed E-state index contributed by atoms with van der Waals surface area (Å²) in [4.78, 5) is 0. The molecule has 0 radical (unpaired) electrons. The van der Waals surface area contributed by atoms with Crippen molar-refractivity contribution in [2.75, 3.05) is 12.4 Å². The van der Waals surface area contributed by atoms with Gasteiger partial charge in [0.15, 0.2) is 9.84 Å². The van der Waals surface area contributed by atoms with Gasteiger partial charge in [-0.15, -0.1) is 0 Å². The molecular formula is C12H22O3S. The van der Waals surface area contributed by atoms with Crippen molar-refractivity contribution in [3.8, 4) is 0 Å². The molecule has 1 N–H and O–H groups in total. The van der Waals surface area contributed by atoms with E-state index in [2.05, 4.69) is 0 Å². The van der Waals surface area contributed by atoms with Gasteiger partial charge in [-0.1, -0.05) is 44.3 Å². The summed E-state index contributed by atoms with van der Waals surface area (Å²) in [5.74, 6) is 0.230. The molecule has 0 spiro atoms. The Balaban J connectivity index is 2.01. The van der Waals surface area contributed by atoms with Gasteiger partial charge >= 0.3 is 0 Å². The molecule has 1 unspecified atom stereocenters. The van der Waals surface area contributed by atoms with E-state index >= 15 is 0 Å². The predicted molar refractivity (Wildman–Crippen MR) is 66.1 cm³/mol. The molecule has 1 heterocycles. The van der Waals surface area contributed by atoms with Gasteiger partial charge in [-0.25, -0.2) is 8.42 Å². The molecule has 0 bridgehead atoms. The highest BCUT2D eigenvalue weighted by atomic mass is 32.2. The lowest BCUT2D eigenvalue weighted by Gasteiger charge is -2.07. The second kappa shape index (κ2) is 7.07. The minimum absolute atomic E-state index is 0.218. The monoisotopic (exact) mass is 246 g/mol. The van der Waals surface area contributed by atoms with Crippen molar-refractivity contribution in [3.63, 3.8) is 0 Å². The van der Waals surface area contributed by atoms with Gasteiger partial charge in [0.05, 0.1) is 11.0 Å². The summed E-state index contributed by atoms with van der Waals surface area (Å²) in [5, 5.41) is 8.38. The fourth-order valence-corrected chi connectivity index (χ4v) is 3.53. The van der Waals surface area contributed by atoms with E-state index in [1.807, 2.05) is 6.08 Å². The standard InChI is InChI=1S/C12H22O3S/c13-10-6-4-2-1-3-5-8-12-9-7-11-16(12,14)15/h7,9,12-13H,1-6,8,10-11H2. The number of hydrogen-bond donors (Lipinski definition) is 1. The van der Waals surface area contributed by atoms with Gasteiger partial charge in [0.1, 0.15) is 0 Å². The van der Waals surface area contributed by atoms with Gasteiger partial charge in [0.2, 0.25) is 0 Å². The lowest BCUT2D eigenvalue weighted by molar-refractivity contribution is 0.282. The van der Waals surface area contributed by atoms with Crippen molar-refractivity contribution in [2.24, 2.45) is 0 Å². The van der Waals surface area contributed by atoms with E-state index in [-0.39, 0.29) is 17.6 Å². The average Bonchev–Trinajstić information content (AvgIpc) is 2.57. The van der Waals surface area contributed by atoms with Crippen molar-refractivity contribution >= 4 is 9.84 Å². The first-order valence-electron chi connectivity index (χ1n) is 6.16. The molecule has 0 fully saturated rings. The number of aliphatic hydroxyl groups excluding tert-OH is 1. The lowest BCUT2D eigenvalue weighted by atomic mass is 10.1. The molecule has 1 aliphatic heterocycles. The average molecular weight is 246 g/mol. The Morgan fingerprint density at radius 2 is 1.69 bits per heavy atom. The summed E-state index contributed by atoms with van der Waals surface area (Å²) in [6.07, 6.45) is 10.7. The summed E-state index contributed by atoms with van der Waals surface area (Å²) < 4.78 is 23.0. The smallest absolute Gasteiger partial charge is 0.160 e. The van der Waals surface area contributed by atoms with Crippen LogP contribution >= 0.6 is 0 Å². The van der Waals surface area contributed by atoms with Gasteiger partial charge in [0.25, 0.3) is 0 Å². The Morgan fingerprint density at radius 1 is 1.06 bits per heavy atom. The number of hydrogen-bond acceptors (Lipinski definition) is 3. The highest BCUT2D eigenvalue weighted by Gasteiger charge is 2.25. The Morgan fingerprint density at radius 3 is 2.25 bits per heavy atom. The first-order chi connectivity index (χ1) is 7.67. The number of rotatable bonds is 8. The predicted octanol–water partition coefficient (Wildman–Crippen LogP) is 2.06. The minimum Gasteiger partial charge on any atom is -0.396 e. The molecule has 1 aliphatic rings. The molecule has 0 aromatic rings. The maximum atomic E-state index is 11.5. The van der Waals surface area contributed by atoms with Gasteiger partial charge < -0.3 is 5.11 Å². The van der Waals surface area contributed by atoms with E-state index in [4.69, 9.17) is 5.11 Å². The zero-order valence-corrected chi connectivity index (χ0v) is 10.6. The van der Waals surface area contributed by atoms with Crippen molar-refractivity contribution in [2.45, 2.75) is 50.2 Å². The highest BCUT2D eigenvalue weighted by molar-refractivity contribution is 7.92. The number of aliphatic hydroxyl groups is 1. The molecule has 1 atom stereocenters.